The summed E-state index contributed by atoms with van der Waals surface area (Å²) in [6, 6.07) is 18.5. The molecule has 2 aromatic carbocycles. The smallest absolute Gasteiger partial charge is 0.189 e. The molecule has 0 bridgehead atoms. The van der Waals surface area contributed by atoms with E-state index < -0.39 is 74.0 Å². The molecule has 0 radical (unpaired) electrons. The standard InChI is InChI=1S/C26H30O11/c27-17-19(29)25(33-15-11-31-23(35-21(15)17)13-7-3-1-4-8-13)37-26-20(30)18(28)22-16(34-26)12-32-24(36-22)14-9-5-2-6-10-14/h1-10,15-30H,11-12H2/t15-,16-,17-,18-,19-,20-,21-,22-,23-,24+,25-,26-/m1/s1. The third-order valence-electron chi connectivity index (χ3n) is 7.08. The number of hydrogen-bond donors (Lipinski definition) is 4. The molecule has 2 aromatic rings. The van der Waals surface area contributed by atoms with Gasteiger partial charge in [-0.25, -0.2) is 0 Å². The van der Waals surface area contributed by atoms with Crippen LogP contribution in [0.1, 0.15) is 23.7 Å². The highest BCUT2D eigenvalue weighted by Crippen LogP contribution is 2.37. The fourth-order valence-electron chi connectivity index (χ4n) is 5.07. The molecule has 0 aliphatic carbocycles. The highest BCUT2D eigenvalue weighted by atomic mass is 16.8. The Balaban J connectivity index is 1.09. The van der Waals surface area contributed by atoms with Gasteiger partial charge in [-0.1, -0.05) is 60.7 Å². The third-order valence-corrected chi connectivity index (χ3v) is 7.08. The predicted molar refractivity (Wildman–Crippen MR) is 122 cm³/mol. The number of rotatable bonds is 4. The average molecular weight is 519 g/mol. The van der Waals surface area contributed by atoms with Crippen LogP contribution in [0.4, 0.5) is 0 Å². The molecule has 4 saturated heterocycles. The monoisotopic (exact) mass is 518 g/mol. The van der Waals surface area contributed by atoms with E-state index in [0.29, 0.717) is 0 Å². The Morgan fingerprint density at radius 2 is 0.946 bits per heavy atom. The first-order valence-corrected chi connectivity index (χ1v) is 12.3. The predicted octanol–water partition coefficient (Wildman–Crippen LogP) is 0.125. The quantitative estimate of drug-likeness (QED) is 0.438. The lowest BCUT2D eigenvalue weighted by atomic mass is 9.96. The molecule has 11 nitrogen and oxygen atoms in total. The summed E-state index contributed by atoms with van der Waals surface area (Å²) in [4.78, 5) is 0. The van der Waals surface area contributed by atoms with E-state index in [1.54, 1.807) is 0 Å². The van der Waals surface area contributed by atoms with Crippen molar-refractivity contribution in [2.45, 2.75) is 74.0 Å². The second-order valence-corrected chi connectivity index (χ2v) is 9.54. The largest absolute Gasteiger partial charge is 0.387 e. The van der Waals surface area contributed by atoms with Crippen molar-refractivity contribution in [2.75, 3.05) is 13.2 Å². The Bertz CT molecular complexity index is 940. The topological polar surface area (TPSA) is 146 Å². The molecule has 0 unspecified atom stereocenters. The minimum atomic E-state index is -1.51. The van der Waals surface area contributed by atoms with Gasteiger partial charge in [0.2, 0.25) is 0 Å². The average Bonchev–Trinajstić information content (AvgIpc) is 2.95. The van der Waals surface area contributed by atoms with Crippen LogP contribution in [0.2, 0.25) is 0 Å². The molecular weight excluding hydrogens is 488 g/mol. The number of aliphatic hydroxyl groups is 4. The van der Waals surface area contributed by atoms with Gasteiger partial charge in [0, 0.05) is 11.1 Å². The fraction of sp³-hybridized carbons (Fsp3) is 0.538. The van der Waals surface area contributed by atoms with Crippen molar-refractivity contribution in [1.82, 2.24) is 0 Å². The van der Waals surface area contributed by atoms with Gasteiger partial charge >= 0.3 is 0 Å². The van der Waals surface area contributed by atoms with Crippen LogP contribution in [-0.4, -0.2) is 95.1 Å². The SMILES string of the molecule is O[C@@H]1[C@@H](O)[C@@H](O[C@H]2O[C@@H]3CO[C@H](c4ccccc4)O[C@H]3[C@H](O)[C@H]2O)O[C@@H]2CO[C@@H](c3ccccc3)O[C@@H]12. The van der Waals surface area contributed by atoms with Crippen molar-refractivity contribution >= 4 is 0 Å². The van der Waals surface area contributed by atoms with Crippen LogP contribution < -0.4 is 0 Å². The maximum atomic E-state index is 10.8. The first-order chi connectivity index (χ1) is 18.0. The van der Waals surface area contributed by atoms with Crippen LogP contribution in [0.3, 0.4) is 0 Å². The minimum absolute atomic E-state index is 0.0812. The summed E-state index contributed by atoms with van der Waals surface area (Å²) in [5, 5.41) is 43.1. The van der Waals surface area contributed by atoms with Gasteiger partial charge in [0.1, 0.15) is 48.8 Å². The highest BCUT2D eigenvalue weighted by Gasteiger charge is 2.53. The second-order valence-electron chi connectivity index (χ2n) is 9.54. The van der Waals surface area contributed by atoms with Gasteiger partial charge in [-0.3, -0.25) is 0 Å². The van der Waals surface area contributed by atoms with Crippen LogP contribution in [0.5, 0.6) is 0 Å². The van der Waals surface area contributed by atoms with Crippen LogP contribution in [0.25, 0.3) is 0 Å². The van der Waals surface area contributed by atoms with Gasteiger partial charge in [-0.15, -0.1) is 0 Å². The molecule has 4 aliphatic heterocycles. The van der Waals surface area contributed by atoms with Gasteiger partial charge in [0.15, 0.2) is 25.2 Å². The van der Waals surface area contributed by atoms with Crippen LogP contribution in [-0.2, 0) is 33.2 Å². The number of aliphatic hydroxyl groups excluding tert-OH is 4. The summed E-state index contributed by atoms with van der Waals surface area (Å²) >= 11 is 0. The molecule has 11 heteroatoms. The summed E-state index contributed by atoms with van der Waals surface area (Å²) in [7, 11) is 0. The van der Waals surface area contributed by atoms with Gasteiger partial charge < -0.3 is 53.6 Å². The van der Waals surface area contributed by atoms with Gasteiger partial charge in [-0.2, -0.15) is 0 Å². The zero-order chi connectivity index (χ0) is 25.5. The fourth-order valence-corrected chi connectivity index (χ4v) is 5.07. The van der Waals surface area contributed by atoms with Gasteiger partial charge in [-0.05, 0) is 0 Å². The summed E-state index contributed by atoms with van der Waals surface area (Å²) < 4.78 is 40.7. The minimum Gasteiger partial charge on any atom is -0.387 e. The first-order valence-electron chi connectivity index (χ1n) is 12.3. The van der Waals surface area contributed by atoms with E-state index in [2.05, 4.69) is 0 Å². The maximum Gasteiger partial charge on any atom is 0.189 e. The molecule has 4 aliphatic rings. The van der Waals surface area contributed by atoms with Crippen LogP contribution in [0, 0.1) is 0 Å². The second kappa shape index (κ2) is 10.6. The molecule has 0 aromatic heterocycles. The summed E-state index contributed by atoms with van der Waals surface area (Å²) in [5.41, 5.74) is 1.55. The van der Waals surface area contributed by atoms with E-state index in [0.717, 1.165) is 11.1 Å². The number of benzene rings is 2. The molecular formula is C26H30O11. The molecule has 6 rings (SSSR count). The van der Waals surface area contributed by atoms with E-state index in [4.69, 9.17) is 33.2 Å². The van der Waals surface area contributed by atoms with Crippen molar-refractivity contribution in [2.24, 2.45) is 0 Å². The molecule has 0 spiro atoms. The molecule has 4 heterocycles. The molecule has 200 valence electrons. The Morgan fingerprint density at radius 1 is 0.541 bits per heavy atom. The third kappa shape index (κ3) is 4.93. The van der Waals surface area contributed by atoms with Crippen LogP contribution in [0.15, 0.2) is 60.7 Å². The van der Waals surface area contributed by atoms with Gasteiger partial charge in [0.25, 0.3) is 0 Å². The molecule has 37 heavy (non-hydrogen) atoms. The molecule has 12 atom stereocenters. The Labute approximate surface area is 213 Å². The van der Waals surface area contributed by atoms with Crippen molar-refractivity contribution in [3.8, 4) is 0 Å². The zero-order valence-corrected chi connectivity index (χ0v) is 19.8. The van der Waals surface area contributed by atoms with Crippen molar-refractivity contribution in [3.05, 3.63) is 71.8 Å². The molecule has 4 fully saturated rings. The Kier molecular flexibility index (Phi) is 7.27. The number of fused-ring (bicyclic) bond motifs is 2. The molecule has 0 amide bonds. The summed E-state index contributed by atoms with van der Waals surface area (Å²) in [6.07, 6.45) is -13.1. The van der Waals surface area contributed by atoms with E-state index in [1.807, 2.05) is 60.7 Å². The van der Waals surface area contributed by atoms with Crippen molar-refractivity contribution < 1.29 is 53.6 Å². The Hall–Kier alpha value is -2.00. The van der Waals surface area contributed by atoms with E-state index >= 15 is 0 Å². The summed E-state index contributed by atoms with van der Waals surface area (Å²) in [5.74, 6) is 0. The van der Waals surface area contributed by atoms with E-state index in [9.17, 15) is 20.4 Å². The number of ether oxygens (including phenoxy) is 7. The lowest BCUT2D eigenvalue weighted by Gasteiger charge is -2.49. The van der Waals surface area contributed by atoms with Gasteiger partial charge in [0.05, 0.1) is 13.2 Å². The van der Waals surface area contributed by atoms with Crippen molar-refractivity contribution in [3.63, 3.8) is 0 Å². The van der Waals surface area contributed by atoms with E-state index in [-0.39, 0.29) is 13.2 Å². The first kappa shape index (κ1) is 25.3. The highest BCUT2D eigenvalue weighted by molar-refractivity contribution is 5.17. The van der Waals surface area contributed by atoms with E-state index in [1.165, 1.54) is 0 Å². The zero-order valence-electron chi connectivity index (χ0n) is 19.8. The maximum absolute atomic E-state index is 10.8. The number of hydrogen-bond acceptors (Lipinski definition) is 11. The molecule has 4 N–H and O–H groups in total. The Morgan fingerprint density at radius 3 is 1.35 bits per heavy atom. The lowest BCUT2D eigenvalue weighted by molar-refractivity contribution is -0.412. The normalized spacial score (nSPS) is 44.0. The summed E-state index contributed by atoms with van der Waals surface area (Å²) in [6.45, 7) is 0.162. The molecule has 0 saturated carbocycles. The van der Waals surface area contributed by atoms with Crippen molar-refractivity contribution in [1.29, 1.82) is 0 Å². The van der Waals surface area contributed by atoms with Crippen LogP contribution >= 0.6 is 0 Å². The lowest BCUT2D eigenvalue weighted by Crippen LogP contribution is -2.66.